The number of aryl methyl sites for hydroxylation is 1. The standard InChI is InChI=1S/C12H12BrFN2S/c1-8-5-16-12(17-8)7-15-6-9-2-3-10(14)4-11(9)13/h2-5,15H,6-7H2,1H3. The van der Waals surface area contributed by atoms with Crippen LogP contribution >= 0.6 is 27.3 Å². The van der Waals surface area contributed by atoms with Gasteiger partial charge in [-0.25, -0.2) is 9.37 Å². The van der Waals surface area contributed by atoms with Gasteiger partial charge >= 0.3 is 0 Å². The number of hydrogen-bond donors (Lipinski definition) is 1. The van der Waals surface area contributed by atoms with Crippen molar-refractivity contribution in [3.63, 3.8) is 0 Å². The van der Waals surface area contributed by atoms with Crippen molar-refractivity contribution in [3.05, 3.63) is 50.1 Å². The average Bonchev–Trinajstić information content (AvgIpc) is 2.68. The quantitative estimate of drug-likeness (QED) is 0.932. The highest BCUT2D eigenvalue weighted by Crippen LogP contribution is 2.18. The van der Waals surface area contributed by atoms with E-state index in [4.69, 9.17) is 0 Å². The molecule has 17 heavy (non-hydrogen) atoms. The van der Waals surface area contributed by atoms with Crippen LogP contribution in [-0.4, -0.2) is 4.98 Å². The first kappa shape index (κ1) is 12.7. The van der Waals surface area contributed by atoms with Crippen molar-refractivity contribution >= 4 is 27.3 Å². The fourth-order valence-electron chi connectivity index (χ4n) is 1.45. The molecule has 2 nitrogen and oxygen atoms in total. The van der Waals surface area contributed by atoms with Gasteiger partial charge < -0.3 is 5.32 Å². The molecule has 0 fully saturated rings. The van der Waals surface area contributed by atoms with Crippen LogP contribution in [0.4, 0.5) is 4.39 Å². The van der Waals surface area contributed by atoms with Crippen LogP contribution in [0.1, 0.15) is 15.4 Å². The lowest BCUT2D eigenvalue weighted by Gasteiger charge is -2.05. The summed E-state index contributed by atoms with van der Waals surface area (Å²) in [6, 6.07) is 4.72. The number of nitrogens with one attached hydrogen (secondary N) is 1. The molecule has 0 spiro atoms. The molecule has 90 valence electrons. The molecule has 0 saturated heterocycles. The maximum atomic E-state index is 12.9. The Balaban J connectivity index is 1.90. The third-order valence-electron chi connectivity index (χ3n) is 2.28. The fraction of sp³-hybridized carbons (Fsp3) is 0.250. The first-order chi connectivity index (χ1) is 8.15. The molecule has 0 saturated carbocycles. The second-order valence-electron chi connectivity index (χ2n) is 3.70. The molecule has 0 amide bonds. The van der Waals surface area contributed by atoms with Crippen LogP contribution in [0.5, 0.6) is 0 Å². The predicted molar refractivity (Wildman–Crippen MR) is 71.5 cm³/mol. The van der Waals surface area contributed by atoms with Gasteiger partial charge in [-0.3, -0.25) is 0 Å². The Morgan fingerprint density at radius 3 is 2.88 bits per heavy atom. The highest BCUT2D eigenvalue weighted by atomic mass is 79.9. The Kier molecular flexibility index (Phi) is 4.25. The zero-order chi connectivity index (χ0) is 12.3. The summed E-state index contributed by atoms with van der Waals surface area (Å²) < 4.78 is 13.7. The first-order valence-corrected chi connectivity index (χ1v) is 6.82. The molecule has 1 aromatic carbocycles. The van der Waals surface area contributed by atoms with Crippen LogP contribution < -0.4 is 5.32 Å². The Hall–Kier alpha value is -0.780. The molecular formula is C12H12BrFN2S. The summed E-state index contributed by atoms with van der Waals surface area (Å²) in [6.07, 6.45) is 1.87. The van der Waals surface area contributed by atoms with E-state index in [1.165, 1.54) is 17.0 Å². The molecule has 0 aliphatic carbocycles. The molecule has 0 aliphatic heterocycles. The summed E-state index contributed by atoms with van der Waals surface area (Å²) in [5.74, 6) is -0.226. The smallest absolute Gasteiger partial charge is 0.124 e. The lowest BCUT2D eigenvalue weighted by atomic mass is 10.2. The molecule has 0 bridgehead atoms. The zero-order valence-corrected chi connectivity index (χ0v) is 11.7. The third kappa shape index (κ3) is 3.59. The van der Waals surface area contributed by atoms with Gasteiger partial charge in [-0.2, -0.15) is 0 Å². The van der Waals surface area contributed by atoms with E-state index in [0.29, 0.717) is 6.54 Å². The Labute approximate surface area is 112 Å². The van der Waals surface area contributed by atoms with E-state index in [1.807, 2.05) is 13.1 Å². The predicted octanol–water partition coefficient (Wildman–Crippen LogP) is 3.64. The molecule has 0 radical (unpaired) electrons. The molecule has 0 aliphatic rings. The monoisotopic (exact) mass is 314 g/mol. The first-order valence-electron chi connectivity index (χ1n) is 5.21. The van der Waals surface area contributed by atoms with Crippen molar-refractivity contribution in [2.45, 2.75) is 20.0 Å². The second-order valence-corrected chi connectivity index (χ2v) is 5.88. The van der Waals surface area contributed by atoms with E-state index < -0.39 is 0 Å². The average molecular weight is 315 g/mol. The van der Waals surface area contributed by atoms with E-state index in [9.17, 15) is 4.39 Å². The fourth-order valence-corrected chi connectivity index (χ4v) is 2.70. The maximum absolute atomic E-state index is 12.9. The summed E-state index contributed by atoms with van der Waals surface area (Å²) in [6.45, 7) is 3.47. The lowest BCUT2D eigenvalue weighted by molar-refractivity contribution is 0.623. The minimum Gasteiger partial charge on any atom is -0.306 e. The van der Waals surface area contributed by atoms with Gasteiger partial charge in [0.05, 0.1) is 0 Å². The molecule has 0 atom stereocenters. The molecule has 2 rings (SSSR count). The van der Waals surface area contributed by atoms with Gasteiger partial charge in [0.1, 0.15) is 10.8 Å². The number of hydrogen-bond acceptors (Lipinski definition) is 3. The number of aromatic nitrogens is 1. The van der Waals surface area contributed by atoms with E-state index in [1.54, 1.807) is 17.4 Å². The number of halogens is 2. The summed E-state index contributed by atoms with van der Waals surface area (Å²) in [5, 5.41) is 4.36. The van der Waals surface area contributed by atoms with Crippen molar-refractivity contribution in [2.75, 3.05) is 0 Å². The Morgan fingerprint density at radius 2 is 2.24 bits per heavy atom. The van der Waals surface area contributed by atoms with Crippen LogP contribution in [0, 0.1) is 12.7 Å². The van der Waals surface area contributed by atoms with Crippen LogP contribution in [-0.2, 0) is 13.1 Å². The minimum absolute atomic E-state index is 0.226. The normalized spacial score (nSPS) is 10.8. The highest BCUT2D eigenvalue weighted by Gasteiger charge is 2.02. The van der Waals surface area contributed by atoms with Gasteiger partial charge in [0.25, 0.3) is 0 Å². The van der Waals surface area contributed by atoms with E-state index in [2.05, 4.69) is 26.2 Å². The van der Waals surface area contributed by atoms with Gasteiger partial charge in [-0.15, -0.1) is 11.3 Å². The molecule has 0 unspecified atom stereocenters. The summed E-state index contributed by atoms with van der Waals surface area (Å²) in [7, 11) is 0. The van der Waals surface area contributed by atoms with E-state index >= 15 is 0 Å². The van der Waals surface area contributed by atoms with Crippen LogP contribution in [0.25, 0.3) is 0 Å². The van der Waals surface area contributed by atoms with Crippen molar-refractivity contribution < 1.29 is 4.39 Å². The largest absolute Gasteiger partial charge is 0.306 e. The summed E-state index contributed by atoms with van der Waals surface area (Å²) in [4.78, 5) is 5.48. The molecule has 1 aromatic heterocycles. The lowest BCUT2D eigenvalue weighted by Crippen LogP contribution is -2.12. The van der Waals surface area contributed by atoms with E-state index in [0.717, 1.165) is 21.6 Å². The highest BCUT2D eigenvalue weighted by molar-refractivity contribution is 9.10. The van der Waals surface area contributed by atoms with Crippen molar-refractivity contribution in [1.29, 1.82) is 0 Å². The Bertz CT molecular complexity index is 513. The number of benzene rings is 1. The molecular weight excluding hydrogens is 303 g/mol. The molecule has 5 heteroatoms. The molecule has 1 heterocycles. The van der Waals surface area contributed by atoms with Crippen molar-refractivity contribution in [3.8, 4) is 0 Å². The van der Waals surface area contributed by atoms with Gasteiger partial charge in [0, 0.05) is 28.6 Å². The van der Waals surface area contributed by atoms with Crippen LogP contribution in [0.3, 0.4) is 0 Å². The SMILES string of the molecule is Cc1cnc(CNCc2ccc(F)cc2Br)s1. The van der Waals surface area contributed by atoms with Crippen LogP contribution in [0.15, 0.2) is 28.9 Å². The number of rotatable bonds is 4. The van der Waals surface area contributed by atoms with Crippen LogP contribution in [0.2, 0.25) is 0 Å². The van der Waals surface area contributed by atoms with Gasteiger partial charge in [0.15, 0.2) is 0 Å². The molecule has 2 aromatic rings. The van der Waals surface area contributed by atoms with Gasteiger partial charge in [0.2, 0.25) is 0 Å². The van der Waals surface area contributed by atoms with Gasteiger partial charge in [-0.05, 0) is 24.6 Å². The Morgan fingerprint density at radius 1 is 1.41 bits per heavy atom. The van der Waals surface area contributed by atoms with Crippen molar-refractivity contribution in [2.24, 2.45) is 0 Å². The van der Waals surface area contributed by atoms with Gasteiger partial charge in [-0.1, -0.05) is 22.0 Å². The molecule has 1 N–H and O–H groups in total. The second kappa shape index (κ2) is 5.71. The maximum Gasteiger partial charge on any atom is 0.124 e. The zero-order valence-electron chi connectivity index (χ0n) is 9.34. The third-order valence-corrected chi connectivity index (χ3v) is 3.93. The number of nitrogens with zero attached hydrogens (tertiary/aromatic N) is 1. The van der Waals surface area contributed by atoms with Crippen molar-refractivity contribution in [1.82, 2.24) is 10.3 Å². The minimum atomic E-state index is -0.226. The summed E-state index contributed by atoms with van der Waals surface area (Å²) >= 11 is 5.03. The topological polar surface area (TPSA) is 24.9 Å². The summed E-state index contributed by atoms with van der Waals surface area (Å²) in [5.41, 5.74) is 1.04. The van der Waals surface area contributed by atoms with E-state index in [-0.39, 0.29) is 5.82 Å². The number of thiazole rings is 1.